The molecule has 3 atom stereocenters. The van der Waals surface area contributed by atoms with Gasteiger partial charge < -0.3 is 10.1 Å². The second kappa shape index (κ2) is 5.89. The lowest BCUT2D eigenvalue weighted by Crippen LogP contribution is -2.47. The number of rotatable bonds is 6. The fourth-order valence-electron chi connectivity index (χ4n) is 3.27. The standard InChI is InChI=1S/C17H23NO/c1-2-19-12-15-7-4-3-6-14(15)11-18-17-10-13-8-5-9-16(13)17/h3-7,9,13,16-18H,2,8,10-12H2,1H3. The van der Waals surface area contributed by atoms with Gasteiger partial charge in [-0.2, -0.15) is 0 Å². The lowest BCUT2D eigenvalue weighted by atomic mass is 9.71. The molecule has 0 radical (unpaired) electrons. The summed E-state index contributed by atoms with van der Waals surface area (Å²) in [6.45, 7) is 4.51. The van der Waals surface area contributed by atoms with Gasteiger partial charge in [0, 0.05) is 19.2 Å². The first-order chi connectivity index (χ1) is 9.38. The van der Waals surface area contributed by atoms with E-state index in [2.05, 4.69) is 41.7 Å². The van der Waals surface area contributed by atoms with E-state index in [9.17, 15) is 0 Å². The van der Waals surface area contributed by atoms with Gasteiger partial charge in [-0.05, 0) is 42.7 Å². The normalized spacial score (nSPS) is 28.2. The Kier molecular flexibility index (Phi) is 4.00. The van der Waals surface area contributed by atoms with Gasteiger partial charge in [-0.25, -0.2) is 0 Å². The molecular formula is C17H23NO. The summed E-state index contributed by atoms with van der Waals surface area (Å²) >= 11 is 0. The van der Waals surface area contributed by atoms with Gasteiger partial charge >= 0.3 is 0 Å². The van der Waals surface area contributed by atoms with Crippen molar-refractivity contribution < 1.29 is 4.74 Å². The van der Waals surface area contributed by atoms with Crippen molar-refractivity contribution in [2.24, 2.45) is 11.8 Å². The molecule has 0 aromatic heterocycles. The quantitative estimate of drug-likeness (QED) is 0.790. The van der Waals surface area contributed by atoms with E-state index in [1.165, 1.54) is 24.0 Å². The van der Waals surface area contributed by atoms with Gasteiger partial charge in [0.05, 0.1) is 6.61 Å². The summed E-state index contributed by atoms with van der Waals surface area (Å²) in [5, 5.41) is 3.72. The Labute approximate surface area is 115 Å². The Morgan fingerprint density at radius 2 is 2.11 bits per heavy atom. The van der Waals surface area contributed by atoms with Crippen LogP contribution in [-0.2, 0) is 17.9 Å². The number of nitrogens with one attached hydrogen (secondary N) is 1. The highest BCUT2D eigenvalue weighted by molar-refractivity contribution is 5.26. The average molecular weight is 257 g/mol. The van der Waals surface area contributed by atoms with Gasteiger partial charge in [0.25, 0.3) is 0 Å². The molecule has 3 rings (SSSR count). The fourth-order valence-corrected chi connectivity index (χ4v) is 3.27. The van der Waals surface area contributed by atoms with E-state index in [1.54, 1.807) is 0 Å². The number of hydrogen-bond acceptors (Lipinski definition) is 2. The molecule has 2 aliphatic rings. The number of fused-ring (bicyclic) bond motifs is 1. The Morgan fingerprint density at radius 1 is 1.26 bits per heavy atom. The first-order valence-corrected chi connectivity index (χ1v) is 7.43. The predicted molar refractivity (Wildman–Crippen MR) is 77.8 cm³/mol. The van der Waals surface area contributed by atoms with Crippen molar-refractivity contribution in [3.8, 4) is 0 Å². The van der Waals surface area contributed by atoms with Gasteiger partial charge in [0.15, 0.2) is 0 Å². The second-order valence-corrected chi connectivity index (χ2v) is 5.63. The maximum Gasteiger partial charge on any atom is 0.0719 e. The van der Waals surface area contributed by atoms with Gasteiger partial charge in [-0.3, -0.25) is 0 Å². The second-order valence-electron chi connectivity index (χ2n) is 5.63. The summed E-state index contributed by atoms with van der Waals surface area (Å²) in [5.41, 5.74) is 2.69. The molecule has 2 aliphatic carbocycles. The highest BCUT2D eigenvalue weighted by Gasteiger charge is 2.40. The maximum absolute atomic E-state index is 5.54. The molecule has 0 aliphatic heterocycles. The molecule has 1 saturated carbocycles. The van der Waals surface area contributed by atoms with Crippen molar-refractivity contribution in [2.75, 3.05) is 6.61 Å². The highest BCUT2D eigenvalue weighted by atomic mass is 16.5. The SMILES string of the molecule is CCOCc1ccccc1CNC1CC2CC=CC21. The van der Waals surface area contributed by atoms with Gasteiger partial charge in [-0.15, -0.1) is 0 Å². The summed E-state index contributed by atoms with van der Waals surface area (Å²) in [5.74, 6) is 1.72. The lowest BCUT2D eigenvalue weighted by Gasteiger charge is -2.41. The maximum atomic E-state index is 5.54. The number of ether oxygens (including phenoxy) is 1. The van der Waals surface area contributed by atoms with Crippen LogP contribution in [0.3, 0.4) is 0 Å². The van der Waals surface area contributed by atoms with Crippen LogP contribution in [0.2, 0.25) is 0 Å². The molecular weight excluding hydrogens is 234 g/mol. The van der Waals surface area contributed by atoms with Crippen LogP contribution in [0.1, 0.15) is 30.9 Å². The smallest absolute Gasteiger partial charge is 0.0719 e. The van der Waals surface area contributed by atoms with E-state index in [0.29, 0.717) is 6.04 Å². The molecule has 0 amide bonds. The zero-order valence-electron chi connectivity index (χ0n) is 11.6. The van der Waals surface area contributed by atoms with Crippen molar-refractivity contribution >= 4 is 0 Å². The van der Waals surface area contributed by atoms with Crippen LogP contribution in [0.25, 0.3) is 0 Å². The largest absolute Gasteiger partial charge is 0.377 e. The van der Waals surface area contributed by atoms with Crippen LogP contribution in [-0.4, -0.2) is 12.6 Å². The van der Waals surface area contributed by atoms with Crippen molar-refractivity contribution in [3.63, 3.8) is 0 Å². The minimum absolute atomic E-state index is 0.684. The molecule has 19 heavy (non-hydrogen) atoms. The zero-order valence-corrected chi connectivity index (χ0v) is 11.6. The summed E-state index contributed by atoms with van der Waals surface area (Å²) in [6, 6.07) is 9.28. The van der Waals surface area contributed by atoms with Crippen LogP contribution >= 0.6 is 0 Å². The van der Waals surface area contributed by atoms with E-state index in [1.807, 2.05) is 6.92 Å². The summed E-state index contributed by atoms with van der Waals surface area (Å²) in [7, 11) is 0. The van der Waals surface area contributed by atoms with Crippen LogP contribution < -0.4 is 5.32 Å². The molecule has 0 bridgehead atoms. The molecule has 0 saturated heterocycles. The molecule has 1 N–H and O–H groups in total. The van der Waals surface area contributed by atoms with E-state index in [-0.39, 0.29) is 0 Å². The van der Waals surface area contributed by atoms with Crippen LogP contribution in [0.4, 0.5) is 0 Å². The van der Waals surface area contributed by atoms with Gasteiger partial charge in [-0.1, -0.05) is 36.4 Å². The molecule has 102 valence electrons. The Balaban J connectivity index is 1.56. The van der Waals surface area contributed by atoms with E-state index in [0.717, 1.165) is 31.6 Å². The number of benzene rings is 1. The van der Waals surface area contributed by atoms with E-state index in [4.69, 9.17) is 4.74 Å². The summed E-state index contributed by atoms with van der Waals surface area (Å²) in [6.07, 6.45) is 7.38. The molecule has 3 unspecified atom stereocenters. The van der Waals surface area contributed by atoms with Crippen molar-refractivity contribution in [2.45, 2.75) is 39.0 Å². The third kappa shape index (κ3) is 2.75. The van der Waals surface area contributed by atoms with Crippen molar-refractivity contribution in [3.05, 3.63) is 47.5 Å². The zero-order chi connectivity index (χ0) is 13.1. The molecule has 1 aromatic carbocycles. The van der Waals surface area contributed by atoms with Gasteiger partial charge in [0.1, 0.15) is 0 Å². The van der Waals surface area contributed by atoms with Crippen LogP contribution in [0.15, 0.2) is 36.4 Å². The first kappa shape index (κ1) is 12.9. The minimum atomic E-state index is 0.684. The number of hydrogen-bond donors (Lipinski definition) is 1. The number of allylic oxidation sites excluding steroid dienone is 1. The summed E-state index contributed by atoms with van der Waals surface area (Å²) in [4.78, 5) is 0. The molecule has 1 aromatic rings. The topological polar surface area (TPSA) is 21.3 Å². The Hall–Kier alpha value is -1.12. The first-order valence-electron chi connectivity index (χ1n) is 7.43. The van der Waals surface area contributed by atoms with Crippen LogP contribution in [0.5, 0.6) is 0 Å². The lowest BCUT2D eigenvalue weighted by molar-refractivity contribution is 0.132. The van der Waals surface area contributed by atoms with Crippen molar-refractivity contribution in [1.29, 1.82) is 0 Å². The van der Waals surface area contributed by atoms with Crippen LogP contribution in [0, 0.1) is 11.8 Å². The molecule has 0 heterocycles. The van der Waals surface area contributed by atoms with E-state index < -0.39 is 0 Å². The molecule has 2 heteroatoms. The fraction of sp³-hybridized carbons (Fsp3) is 0.529. The Morgan fingerprint density at radius 3 is 2.89 bits per heavy atom. The van der Waals surface area contributed by atoms with E-state index >= 15 is 0 Å². The molecule has 0 spiro atoms. The highest BCUT2D eigenvalue weighted by Crippen LogP contribution is 2.42. The Bertz CT molecular complexity index is 454. The summed E-state index contributed by atoms with van der Waals surface area (Å²) < 4.78 is 5.54. The van der Waals surface area contributed by atoms with Crippen molar-refractivity contribution in [1.82, 2.24) is 5.32 Å². The van der Waals surface area contributed by atoms with Gasteiger partial charge in [0.2, 0.25) is 0 Å². The monoisotopic (exact) mass is 257 g/mol. The molecule has 1 fully saturated rings. The predicted octanol–water partition coefficient (Wildman–Crippen LogP) is 3.28. The third-order valence-electron chi connectivity index (χ3n) is 4.50. The molecule has 2 nitrogen and oxygen atoms in total. The minimum Gasteiger partial charge on any atom is -0.377 e. The average Bonchev–Trinajstić information content (AvgIpc) is 2.79. The third-order valence-corrected chi connectivity index (χ3v) is 4.50.